The molecule has 1 atom stereocenters. The van der Waals surface area contributed by atoms with E-state index in [4.69, 9.17) is 9.47 Å². The van der Waals surface area contributed by atoms with E-state index in [-0.39, 0.29) is 17.5 Å². The Morgan fingerprint density at radius 3 is 2.61 bits per heavy atom. The summed E-state index contributed by atoms with van der Waals surface area (Å²) in [4.78, 5) is 42.5. The standard InChI is InChI=1S/C28H30N4O6/c1-29-26(33)22-16-31(28(29)36)17-24-25(22)21-14-20(38-13-10-30-8-11-37-12-9-30)6-7-23(21)32(24)15-18-2-4-19(5-3-18)27(34)35/h2-7,14,22H,8-13,15-17H2,1H3,(H,34,35). The minimum atomic E-state index is -0.969. The van der Waals surface area contributed by atoms with Crippen LogP contribution in [0.15, 0.2) is 42.5 Å². The highest BCUT2D eigenvalue weighted by Crippen LogP contribution is 2.41. The highest BCUT2D eigenvalue weighted by atomic mass is 16.5. The van der Waals surface area contributed by atoms with Gasteiger partial charge in [-0.1, -0.05) is 12.1 Å². The molecule has 1 aromatic heterocycles. The molecule has 0 aliphatic carbocycles. The number of carboxylic acid groups (broad SMARTS) is 1. The van der Waals surface area contributed by atoms with Crippen molar-refractivity contribution in [3.63, 3.8) is 0 Å². The number of benzene rings is 2. The van der Waals surface area contributed by atoms with Crippen LogP contribution in [0.25, 0.3) is 10.9 Å². The smallest absolute Gasteiger partial charge is 0.335 e. The summed E-state index contributed by atoms with van der Waals surface area (Å²) in [6.07, 6.45) is 0. The van der Waals surface area contributed by atoms with Gasteiger partial charge in [0.25, 0.3) is 0 Å². The van der Waals surface area contributed by atoms with Gasteiger partial charge in [-0.2, -0.15) is 0 Å². The predicted octanol–water partition coefficient (Wildman–Crippen LogP) is 2.59. The van der Waals surface area contributed by atoms with E-state index in [9.17, 15) is 19.5 Å². The van der Waals surface area contributed by atoms with Crippen molar-refractivity contribution in [1.82, 2.24) is 19.3 Å². The van der Waals surface area contributed by atoms with Crippen molar-refractivity contribution in [3.05, 3.63) is 64.8 Å². The molecule has 38 heavy (non-hydrogen) atoms. The molecule has 1 N–H and O–H groups in total. The van der Waals surface area contributed by atoms with Crippen LogP contribution in [0.5, 0.6) is 5.75 Å². The van der Waals surface area contributed by atoms with E-state index >= 15 is 0 Å². The van der Waals surface area contributed by atoms with Crippen LogP contribution >= 0.6 is 0 Å². The first-order valence-corrected chi connectivity index (χ1v) is 12.9. The van der Waals surface area contributed by atoms with Gasteiger partial charge < -0.3 is 24.0 Å². The van der Waals surface area contributed by atoms with Crippen molar-refractivity contribution in [1.29, 1.82) is 0 Å². The summed E-state index contributed by atoms with van der Waals surface area (Å²) in [5.41, 5.74) is 3.99. The number of morpholine rings is 1. The summed E-state index contributed by atoms with van der Waals surface area (Å²) in [6.45, 7) is 5.91. The fraction of sp³-hybridized carbons (Fsp3) is 0.393. The number of hydrogen-bond donors (Lipinski definition) is 1. The minimum absolute atomic E-state index is 0.198. The maximum Gasteiger partial charge on any atom is 0.335 e. The summed E-state index contributed by atoms with van der Waals surface area (Å²) < 4.78 is 13.7. The summed E-state index contributed by atoms with van der Waals surface area (Å²) in [7, 11) is 1.54. The fourth-order valence-corrected chi connectivity index (χ4v) is 5.74. The molecule has 10 nitrogen and oxygen atoms in total. The molecule has 3 aliphatic heterocycles. The average molecular weight is 519 g/mol. The van der Waals surface area contributed by atoms with Gasteiger partial charge in [-0.15, -0.1) is 0 Å². The van der Waals surface area contributed by atoms with Gasteiger partial charge >= 0.3 is 12.0 Å². The number of nitrogens with zero attached hydrogens (tertiary/aromatic N) is 4. The summed E-state index contributed by atoms with van der Waals surface area (Å²) in [5.74, 6) is -0.867. The second-order valence-electron chi connectivity index (χ2n) is 10.0. The zero-order valence-corrected chi connectivity index (χ0v) is 21.3. The topological polar surface area (TPSA) is 105 Å². The zero-order valence-electron chi connectivity index (χ0n) is 21.3. The molecule has 198 valence electrons. The van der Waals surface area contributed by atoms with Crippen LogP contribution in [0.4, 0.5) is 4.79 Å². The number of imide groups is 1. The zero-order chi connectivity index (χ0) is 26.4. The Balaban J connectivity index is 1.36. The van der Waals surface area contributed by atoms with Crippen molar-refractivity contribution in [2.75, 3.05) is 53.0 Å². The van der Waals surface area contributed by atoms with Crippen LogP contribution in [0, 0.1) is 0 Å². The number of amides is 3. The molecule has 2 aromatic carbocycles. The third-order valence-electron chi connectivity index (χ3n) is 7.79. The van der Waals surface area contributed by atoms with Crippen LogP contribution in [-0.2, 0) is 22.6 Å². The van der Waals surface area contributed by atoms with Gasteiger partial charge in [0.1, 0.15) is 12.4 Å². The molecular formula is C28H30N4O6. The molecule has 2 saturated heterocycles. The first kappa shape index (κ1) is 24.4. The molecule has 3 aromatic rings. The molecule has 1 unspecified atom stereocenters. The maximum absolute atomic E-state index is 13.2. The fourth-order valence-electron chi connectivity index (χ4n) is 5.74. The Bertz CT molecular complexity index is 1410. The molecule has 0 spiro atoms. The van der Waals surface area contributed by atoms with Crippen molar-refractivity contribution >= 4 is 28.8 Å². The highest BCUT2D eigenvalue weighted by molar-refractivity contribution is 6.04. The molecule has 10 heteroatoms. The van der Waals surface area contributed by atoms with Gasteiger partial charge in [0.05, 0.1) is 31.2 Å². The number of fused-ring (bicyclic) bond motifs is 6. The van der Waals surface area contributed by atoms with Crippen molar-refractivity contribution in [2.45, 2.75) is 19.0 Å². The van der Waals surface area contributed by atoms with E-state index in [2.05, 4.69) is 9.47 Å². The predicted molar refractivity (Wildman–Crippen MR) is 139 cm³/mol. The quantitative estimate of drug-likeness (QED) is 0.513. The third kappa shape index (κ3) is 4.29. The lowest BCUT2D eigenvalue weighted by atomic mass is 9.89. The second-order valence-corrected chi connectivity index (χ2v) is 10.0. The number of urea groups is 1. The number of hydrogen-bond acceptors (Lipinski definition) is 6. The Labute approximate surface area is 219 Å². The van der Waals surface area contributed by atoms with Gasteiger partial charge in [-0.05, 0) is 41.5 Å². The number of likely N-dealkylation sites (N-methyl/N-ethyl adjacent to an activating group) is 1. The van der Waals surface area contributed by atoms with Crippen LogP contribution in [0.3, 0.4) is 0 Å². The Hall–Kier alpha value is -3.89. The molecule has 0 radical (unpaired) electrons. The molecule has 2 fully saturated rings. The summed E-state index contributed by atoms with van der Waals surface area (Å²) >= 11 is 0. The van der Waals surface area contributed by atoms with E-state index in [0.29, 0.717) is 26.2 Å². The largest absolute Gasteiger partial charge is 0.492 e. The van der Waals surface area contributed by atoms with Crippen LogP contribution in [0.2, 0.25) is 0 Å². The van der Waals surface area contributed by atoms with Crippen molar-refractivity contribution in [3.8, 4) is 5.75 Å². The minimum Gasteiger partial charge on any atom is -0.492 e. The number of carbonyl (C=O) groups excluding carboxylic acids is 2. The monoisotopic (exact) mass is 518 g/mol. The molecule has 0 saturated carbocycles. The van der Waals surface area contributed by atoms with Crippen LogP contribution < -0.4 is 4.74 Å². The SMILES string of the molecule is CN1C(=O)C2CN(Cc3c2c2cc(OCCN4CCOCC4)ccc2n3Cc2ccc(C(=O)O)cc2)C1=O. The number of carbonyl (C=O) groups is 3. The lowest BCUT2D eigenvalue weighted by Gasteiger charge is -2.41. The van der Waals surface area contributed by atoms with E-state index in [1.165, 1.54) is 11.9 Å². The van der Waals surface area contributed by atoms with Crippen molar-refractivity contribution < 1.29 is 29.0 Å². The number of aromatic nitrogens is 1. The summed E-state index contributed by atoms with van der Waals surface area (Å²) in [5, 5.41) is 10.2. The highest BCUT2D eigenvalue weighted by Gasteiger charge is 2.44. The van der Waals surface area contributed by atoms with Gasteiger partial charge in [-0.25, -0.2) is 9.59 Å². The normalized spacial score (nSPS) is 19.7. The molecular weight excluding hydrogens is 488 g/mol. The molecule has 4 heterocycles. The van der Waals surface area contributed by atoms with E-state index < -0.39 is 11.9 Å². The van der Waals surface area contributed by atoms with Gasteiger partial charge in [-0.3, -0.25) is 14.6 Å². The van der Waals surface area contributed by atoms with Crippen molar-refractivity contribution in [2.24, 2.45) is 0 Å². The van der Waals surface area contributed by atoms with E-state index in [0.717, 1.165) is 66.3 Å². The molecule has 6 rings (SSSR count). The van der Waals surface area contributed by atoms with E-state index in [1.54, 1.807) is 29.2 Å². The number of ether oxygens (including phenoxy) is 2. The average Bonchev–Trinajstić information content (AvgIpc) is 3.24. The Kier molecular flexibility index (Phi) is 6.29. The number of carboxylic acids is 1. The van der Waals surface area contributed by atoms with Crippen LogP contribution in [0.1, 0.15) is 33.1 Å². The Morgan fingerprint density at radius 1 is 1.11 bits per heavy atom. The van der Waals surface area contributed by atoms with Gasteiger partial charge in [0, 0.05) is 56.4 Å². The van der Waals surface area contributed by atoms with Crippen LogP contribution in [-0.4, -0.2) is 95.3 Å². The summed E-state index contributed by atoms with van der Waals surface area (Å²) in [6, 6.07) is 12.5. The molecule has 3 aliphatic rings. The number of rotatable bonds is 7. The van der Waals surface area contributed by atoms with E-state index in [1.807, 2.05) is 18.2 Å². The third-order valence-corrected chi connectivity index (χ3v) is 7.79. The maximum atomic E-state index is 13.2. The molecule has 3 amide bonds. The lowest BCUT2D eigenvalue weighted by molar-refractivity contribution is -0.132. The lowest BCUT2D eigenvalue weighted by Crippen LogP contribution is -2.56. The Morgan fingerprint density at radius 2 is 1.87 bits per heavy atom. The second kappa shape index (κ2) is 9.77. The van der Waals surface area contributed by atoms with Gasteiger partial charge in [0.2, 0.25) is 5.91 Å². The first-order valence-electron chi connectivity index (χ1n) is 12.9. The van der Waals surface area contributed by atoms with Gasteiger partial charge in [0.15, 0.2) is 0 Å². The molecule has 2 bridgehead atoms. The first-order chi connectivity index (χ1) is 18.4. The number of aromatic carboxylic acids is 1.